The topological polar surface area (TPSA) is 127 Å². The first-order valence-electron chi connectivity index (χ1n) is 19.8. The van der Waals surface area contributed by atoms with Crippen LogP contribution in [0.5, 0.6) is 0 Å². The number of ether oxygens (including phenoxy) is 3. The van der Waals surface area contributed by atoms with Crippen LogP contribution in [0.4, 0.5) is 0 Å². The fourth-order valence-electron chi connectivity index (χ4n) is 6.43. The maximum absolute atomic E-state index is 12.9. The van der Waals surface area contributed by atoms with Gasteiger partial charge in [0, 0.05) is 32.3 Å². The number of aryl methyl sites for hydroxylation is 1. The Morgan fingerprint density at radius 1 is 0.917 bits per heavy atom. The van der Waals surface area contributed by atoms with Gasteiger partial charge >= 0.3 is 11.9 Å². The fourth-order valence-corrected chi connectivity index (χ4v) is 6.43. The van der Waals surface area contributed by atoms with Crippen molar-refractivity contribution in [2.24, 2.45) is 5.41 Å². The molecule has 0 amide bonds. The lowest BCUT2D eigenvalue weighted by atomic mass is 9.81. The van der Waals surface area contributed by atoms with E-state index in [1.54, 1.807) is 6.07 Å². The predicted octanol–water partition coefficient (Wildman–Crippen LogP) is 8.92. The molecular formula is C49H65N4O7. The monoisotopic (exact) mass is 821 g/mol. The number of hydrogen-bond donors (Lipinski definition) is 2. The molecule has 60 heavy (non-hydrogen) atoms. The highest BCUT2D eigenvalue weighted by Gasteiger charge is 2.40. The number of carbonyl (C=O) groups excluding carboxylic acids is 4. The molecule has 0 saturated heterocycles. The van der Waals surface area contributed by atoms with E-state index in [-0.39, 0.29) is 11.9 Å². The zero-order valence-corrected chi connectivity index (χ0v) is 37.3. The van der Waals surface area contributed by atoms with E-state index in [1.807, 2.05) is 109 Å². The van der Waals surface area contributed by atoms with Gasteiger partial charge in [0.15, 0.2) is 0 Å². The first-order chi connectivity index (χ1) is 28.4. The number of hydrogen-bond acceptors (Lipinski definition) is 11. The average Bonchev–Trinajstić information content (AvgIpc) is 3.80. The molecular weight excluding hydrogens is 757 g/mol. The molecule has 1 aliphatic heterocycles. The highest BCUT2D eigenvalue weighted by atomic mass is 16.6. The van der Waals surface area contributed by atoms with Gasteiger partial charge in [-0.2, -0.15) is 0 Å². The smallest absolute Gasteiger partial charge is 0.338 e. The van der Waals surface area contributed by atoms with Gasteiger partial charge < -0.3 is 29.2 Å². The minimum atomic E-state index is -0.926. The first-order valence-corrected chi connectivity index (χ1v) is 19.8. The van der Waals surface area contributed by atoms with Gasteiger partial charge in [0.2, 0.25) is 0 Å². The van der Waals surface area contributed by atoms with E-state index in [9.17, 15) is 9.59 Å². The molecule has 3 aromatic carbocycles. The van der Waals surface area contributed by atoms with Crippen LogP contribution in [-0.4, -0.2) is 68.3 Å². The lowest BCUT2D eigenvalue weighted by Gasteiger charge is -2.32. The van der Waals surface area contributed by atoms with E-state index < -0.39 is 17.1 Å². The Balaban J connectivity index is 0.000000570. The third-order valence-electron chi connectivity index (χ3n) is 9.54. The van der Waals surface area contributed by atoms with Crippen LogP contribution in [0.3, 0.4) is 0 Å². The van der Waals surface area contributed by atoms with Crippen molar-refractivity contribution in [2.75, 3.05) is 27.3 Å². The van der Waals surface area contributed by atoms with Gasteiger partial charge in [0.05, 0.1) is 36.5 Å². The maximum atomic E-state index is 12.9. The van der Waals surface area contributed by atoms with E-state index in [1.165, 1.54) is 23.8 Å². The lowest BCUT2D eigenvalue weighted by molar-refractivity contribution is -0.160. The summed E-state index contributed by atoms with van der Waals surface area (Å²) in [5.41, 5.74) is 16.5. The van der Waals surface area contributed by atoms with Crippen molar-refractivity contribution in [1.29, 1.82) is 0 Å². The number of rotatable bonds is 16. The largest absolute Gasteiger partial charge is 0.469 e. The van der Waals surface area contributed by atoms with Crippen LogP contribution in [0, 0.1) is 18.8 Å². The second kappa shape index (κ2) is 23.8. The minimum Gasteiger partial charge on any atom is -0.469 e. The number of carbonyl (C=O) groups is 4. The predicted molar refractivity (Wildman–Crippen MR) is 241 cm³/mol. The van der Waals surface area contributed by atoms with Crippen molar-refractivity contribution < 1.29 is 33.4 Å². The molecule has 1 aliphatic carbocycles. The molecule has 0 saturated carbocycles. The van der Waals surface area contributed by atoms with Crippen molar-refractivity contribution in [3.8, 4) is 0 Å². The molecule has 11 nitrogen and oxygen atoms in total. The number of hydrazine groups is 2. The number of benzene rings is 3. The molecule has 11 heteroatoms. The summed E-state index contributed by atoms with van der Waals surface area (Å²) in [7, 11) is 3.45. The van der Waals surface area contributed by atoms with Gasteiger partial charge in [-0.3, -0.25) is 14.7 Å². The molecule has 5 rings (SSSR count). The zero-order chi connectivity index (χ0) is 45.2. The number of nitrogens with zero attached hydrogens (tertiary/aromatic N) is 2. The highest BCUT2D eigenvalue weighted by molar-refractivity contribution is 5.90. The van der Waals surface area contributed by atoms with Crippen LogP contribution in [0.25, 0.3) is 11.6 Å². The number of esters is 2. The van der Waals surface area contributed by atoms with Crippen molar-refractivity contribution in [3.05, 3.63) is 148 Å². The summed E-state index contributed by atoms with van der Waals surface area (Å²) in [5.74, 6) is -0.664. The maximum Gasteiger partial charge on any atom is 0.338 e. The summed E-state index contributed by atoms with van der Waals surface area (Å²) >= 11 is 0. The molecule has 0 unspecified atom stereocenters. The van der Waals surface area contributed by atoms with Gasteiger partial charge in [0.25, 0.3) is 0 Å². The van der Waals surface area contributed by atoms with Crippen LogP contribution >= 0.6 is 0 Å². The van der Waals surface area contributed by atoms with Crippen molar-refractivity contribution in [2.45, 2.75) is 86.6 Å². The molecule has 3 aromatic rings. The molecule has 0 spiro atoms. The van der Waals surface area contributed by atoms with Gasteiger partial charge in [-0.25, -0.2) is 4.79 Å². The molecule has 2 N–H and O–H groups in total. The summed E-state index contributed by atoms with van der Waals surface area (Å²) in [5, 5.41) is 1.97. The number of methoxy groups -OCH3 is 1. The molecule has 1 atom stereocenters. The second-order valence-corrected chi connectivity index (χ2v) is 16.1. The summed E-state index contributed by atoms with van der Waals surface area (Å²) in [6, 6.07) is 22.1. The van der Waals surface area contributed by atoms with Crippen LogP contribution in [0.1, 0.15) is 105 Å². The van der Waals surface area contributed by atoms with E-state index in [0.717, 1.165) is 52.1 Å². The molecule has 0 bridgehead atoms. The van der Waals surface area contributed by atoms with E-state index >= 15 is 0 Å². The normalized spacial score (nSPS) is 13.5. The van der Waals surface area contributed by atoms with E-state index in [0.29, 0.717) is 25.3 Å². The Bertz CT molecular complexity index is 1990. The van der Waals surface area contributed by atoms with Gasteiger partial charge in [-0.15, -0.1) is 5.53 Å². The standard InChI is InChI=1S/C33H48N4O5.C14H13.2CH2O/c1-10-16-37-21-28(34-35-37)22-41-29(33(6,7)31(39)40-9)25-15-14-23(2)27(18-25)20-36(8)19-24-12-11-13-26(17-24)30(38)42-32(3,4)5;1-4-12-6-5-7-13(9-12)11(3)14-8-10(14)2;2*1-2/h11-15,17-18,21,29,34-35H,10,16,19-20,22H2,1-9H3;4-9H,1,3H2,2H3;2*1H2/t29-;;;/m1.../s1. The molecule has 0 fully saturated rings. The Labute approximate surface area is 358 Å². The Morgan fingerprint density at radius 3 is 2.17 bits per heavy atom. The van der Waals surface area contributed by atoms with Crippen molar-refractivity contribution >= 4 is 37.2 Å². The van der Waals surface area contributed by atoms with E-state index in [2.05, 4.69) is 80.5 Å². The second-order valence-electron chi connectivity index (χ2n) is 16.1. The average molecular weight is 822 g/mol. The molecule has 2 aliphatic rings. The van der Waals surface area contributed by atoms with Gasteiger partial charge in [-0.05, 0) is 125 Å². The summed E-state index contributed by atoms with van der Waals surface area (Å²) < 4.78 is 17.1. The van der Waals surface area contributed by atoms with Crippen molar-refractivity contribution in [3.63, 3.8) is 0 Å². The van der Waals surface area contributed by atoms with Gasteiger partial charge in [0.1, 0.15) is 19.2 Å². The van der Waals surface area contributed by atoms with Crippen LogP contribution in [0.15, 0.2) is 103 Å². The Kier molecular flexibility index (Phi) is 20.1. The minimum absolute atomic E-state index is 0.301. The van der Waals surface area contributed by atoms with E-state index in [4.69, 9.17) is 23.8 Å². The van der Waals surface area contributed by atoms with Crippen molar-refractivity contribution in [1.82, 2.24) is 20.9 Å². The SMILES string of the molecule is C=Cc1cccc(C(=C)C2=C(C)[CH]2)c1.C=O.C=O.CCCN1C=C(CO[C@H](c2ccc(C)c(CN(C)Cc3cccc(C(=O)OC(C)(C)C)c3)c2)C(C)(C)C(=O)OC)NN1. The Morgan fingerprint density at radius 2 is 1.57 bits per heavy atom. The highest BCUT2D eigenvalue weighted by Crippen LogP contribution is 2.40. The fraction of sp³-hybridized carbons (Fsp3) is 0.367. The first kappa shape index (κ1) is 50.5. The van der Waals surface area contributed by atoms with Crippen LogP contribution in [-0.2, 0) is 41.7 Å². The van der Waals surface area contributed by atoms with Crippen LogP contribution < -0.4 is 11.0 Å². The molecule has 1 heterocycles. The summed E-state index contributed by atoms with van der Waals surface area (Å²) in [6.45, 7) is 29.9. The summed E-state index contributed by atoms with van der Waals surface area (Å²) in [6.07, 6.45) is 6.46. The quantitative estimate of drug-likeness (QED) is 0.135. The van der Waals surface area contributed by atoms with Crippen LogP contribution in [0.2, 0.25) is 0 Å². The lowest BCUT2D eigenvalue weighted by Crippen LogP contribution is -2.38. The zero-order valence-electron chi connectivity index (χ0n) is 37.3. The molecule has 323 valence electrons. The number of nitrogens with one attached hydrogen (secondary N) is 2. The molecule has 0 aromatic heterocycles. The number of allylic oxidation sites excluding steroid dienone is 3. The Hall–Kier alpha value is -5.62. The summed E-state index contributed by atoms with van der Waals surface area (Å²) in [4.78, 5) is 43.6. The van der Waals surface area contributed by atoms with Gasteiger partial charge in [-0.1, -0.05) is 80.3 Å². The third-order valence-corrected chi connectivity index (χ3v) is 9.54. The third kappa shape index (κ3) is 15.2. The molecule has 1 radical (unpaired) electrons.